The molecule has 3 fully saturated rings. The van der Waals surface area contributed by atoms with E-state index in [0.29, 0.717) is 18.7 Å². The molecule has 5 nitrogen and oxygen atoms in total. The molecular formula is C21H30N2O3S. The lowest BCUT2D eigenvalue weighted by atomic mass is 9.82. The van der Waals surface area contributed by atoms with Crippen molar-refractivity contribution in [1.82, 2.24) is 9.80 Å². The van der Waals surface area contributed by atoms with Gasteiger partial charge in [0.15, 0.2) is 9.84 Å². The highest BCUT2D eigenvalue weighted by molar-refractivity contribution is 7.93. The van der Waals surface area contributed by atoms with Crippen molar-refractivity contribution < 1.29 is 13.2 Å². The van der Waals surface area contributed by atoms with Crippen LogP contribution >= 0.6 is 0 Å². The number of rotatable bonds is 3. The maximum Gasteiger partial charge on any atom is 0.254 e. The number of sulfone groups is 1. The van der Waals surface area contributed by atoms with Crippen LogP contribution in [0.25, 0.3) is 0 Å². The minimum atomic E-state index is -3.14. The number of piperidine rings is 1. The number of benzene rings is 1. The van der Waals surface area contributed by atoms with Gasteiger partial charge in [0, 0.05) is 25.2 Å². The molecule has 148 valence electrons. The Morgan fingerprint density at radius 2 is 1.85 bits per heavy atom. The lowest BCUT2D eigenvalue weighted by Crippen LogP contribution is -2.69. The quantitative estimate of drug-likeness (QED) is 0.795. The van der Waals surface area contributed by atoms with E-state index in [0.717, 1.165) is 37.2 Å². The van der Waals surface area contributed by atoms with Crippen molar-refractivity contribution in [3.05, 3.63) is 34.9 Å². The molecule has 3 heterocycles. The molecule has 1 atom stereocenters. The maximum atomic E-state index is 12.9. The van der Waals surface area contributed by atoms with Crippen molar-refractivity contribution in [2.75, 3.05) is 38.5 Å². The summed E-state index contributed by atoms with van der Waals surface area (Å²) < 4.78 is 25.0. The predicted octanol–water partition coefficient (Wildman–Crippen LogP) is 2.42. The summed E-state index contributed by atoms with van der Waals surface area (Å²) in [6.07, 6.45) is 4.45. The van der Waals surface area contributed by atoms with Crippen molar-refractivity contribution in [1.29, 1.82) is 0 Å². The number of hydrogen-bond acceptors (Lipinski definition) is 4. The topological polar surface area (TPSA) is 57.7 Å². The summed E-state index contributed by atoms with van der Waals surface area (Å²) in [5.41, 5.74) is 2.78. The van der Waals surface area contributed by atoms with Crippen LogP contribution in [0, 0.1) is 19.8 Å². The molecule has 27 heavy (non-hydrogen) atoms. The standard InChI is InChI=1S/C21H30N2O3S/c1-16-6-7-19(17(2)12-16)20(24)23-14-21(15-23)18(8-11-27(21,25)26)13-22-9-4-3-5-10-22/h6-7,12,18H,3-5,8-11,13-15H2,1-2H3. The van der Waals surface area contributed by atoms with Crippen molar-refractivity contribution in [2.24, 2.45) is 5.92 Å². The van der Waals surface area contributed by atoms with Crippen LogP contribution in [0.5, 0.6) is 0 Å². The number of carbonyl (C=O) groups is 1. The molecule has 0 saturated carbocycles. The Bertz CT molecular complexity index is 837. The first-order chi connectivity index (χ1) is 12.8. The third-order valence-electron chi connectivity index (χ3n) is 6.84. The van der Waals surface area contributed by atoms with E-state index >= 15 is 0 Å². The van der Waals surface area contributed by atoms with Gasteiger partial charge in [0.1, 0.15) is 4.75 Å². The summed E-state index contributed by atoms with van der Waals surface area (Å²) in [5.74, 6) is 0.401. The molecule has 4 rings (SSSR count). The Morgan fingerprint density at radius 3 is 2.52 bits per heavy atom. The molecule has 1 amide bonds. The highest BCUT2D eigenvalue weighted by Gasteiger charge is 2.62. The summed E-state index contributed by atoms with van der Waals surface area (Å²) in [6, 6.07) is 5.82. The van der Waals surface area contributed by atoms with Gasteiger partial charge in [-0.3, -0.25) is 4.79 Å². The second kappa shape index (κ2) is 6.89. The zero-order valence-electron chi connectivity index (χ0n) is 16.4. The molecule has 3 aliphatic rings. The molecule has 3 aliphatic heterocycles. The van der Waals surface area contributed by atoms with Crippen LogP contribution in [0.4, 0.5) is 0 Å². The van der Waals surface area contributed by atoms with Crippen LogP contribution in [0.1, 0.15) is 47.2 Å². The first-order valence-electron chi connectivity index (χ1n) is 10.1. The van der Waals surface area contributed by atoms with Gasteiger partial charge in [0.25, 0.3) is 5.91 Å². The minimum Gasteiger partial charge on any atom is -0.335 e. The van der Waals surface area contributed by atoms with E-state index in [1.807, 2.05) is 32.0 Å². The van der Waals surface area contributed by atoms with Crippen molar-refractivity contribution >= 4 is 15.7 Å². The Kier molecular flexibility index (Phi) is 4.83. The van der Waals surface area contributed by atoms with Gasteiger partial charge in [-0.15, -0.1) is 0 Å². The molecule has 1 aromatic carbocycles. The average Bonchev–Trinajstić information content (AvgIpc) is 2.84. The Balaban J connectivity index is 1.50. The van der Waals surface area contributed by atoms with Crippen molar-refractivity contribution in [3.8, 4) is 0 Å². The Morgan fingerprint density at radius 1 is 1.15 bits per heavy atom. The summed E-state index contributed by atoms with van der Waals surface area (Å²) >= 11 is 0. The summed E-state index contributed by atoms with van der Waals surface area (Å²) in [7, 11) is -3.14. The predicted molar refractivity (Wildman–Crippen MR) is 107 cm³/mol. The van der Waals surface area contributed by atoms with Crippen LogP contribution in [0.15, 0.2) is 18.2 Å². The molecule has 1 spiro atoms. The number of likely N-dealkylation sites (tertiary alicyclic amines) is 2. The van der Waals surface area contributed by atoms with Gasteiger partial charge in [-0.2, -0.15) is 0 Å². The second-order valence-corrected chi connectivity index (χ2v) is 11.2. The zero-order chi connectivity index (χ0) is 19.2. The average molecular weight is 391 g/mol. The molecule has 0 aromatic heterocycles. The number of nitrogens with zero attached hydrogens (tertiary/aromatic N) is 2. The van der Waals surface area contributed by atoms with Crippen molar-refractivity contribution in [2.45, 2.75) is 44.3 Å². The summed E-state index contributed by atoms with van der Waals surface area (Å²) in [5, 5.41) is 0. The fourth-order valence-corrected chi connectivity index (χ4v) is 7.56. The van der Waals surface area contributed by atoms with Gasteiger partial charge in [0.05, 0.1) is 5.75 Å². The van der Waals surface area contributed by atoms with Crippen LogP contribution in [-0.4, -0.2) is 67.3 Å². The SMILES string of the molecule is Cc1ccc(C(=O)N2CC3(C2)C(CN2CCCCC2)CCS3(=O)=O)c(C)c1. The molecule has 1 unspecified atom stereocenters. The van der Waals surface area contributed by atoms with E-state index in [1.54, 1.807) is 4.90 Å². The van der Waals surface area contributed by atoms with Gasteiger partial charge < -0.3 is 9.80 Å². The lowest BCUT2D eigenvalue weighted by molar-refractivity contribution is 0.0411. The van der Waals surface area contributed by atoms with E-state index in [9.17, 15) is 13.2 Å². The van der Waals surface area contributed by atoms with E-state index in [1.165, 1.54) is 19.3 Å². The Labute approximate surface area is 162 Å². The minimum absolute atomic E-state index is 0.0306. The maximum absolute atomic E-state index is 12.9. The number of aryl methyl sites for hydroxylation is 2. The van der Waals surface area contributed by atoms with E-state index in [-0.39, 0.29) is 17.6 Å². The number of amides is 1. The molecule has 1 aromatic rings. The lowest BCUT2D eigenvalue weighted by Gasteiger charge is -2.51. The Hall–Kier alpha value is -1.40. The van der Waals surface area contributed by atoms with E-state index < -0.39 is 14.6 Å². The fourth-order valence-electron chi connectivity index (χ4n) is 5.15. The molecule has 6 heteroatoms. The largest absolute Gasteiger partial charge is 0.335 e. The normalized spacial score (nSPS) is 26.9. The van der Waals surface area contributed by atoms with Crippen LogP contribution in [0.2, 0.25) is 0 Å². The summed E-state index contributed by atoms with van der Waals surface area (Å²) in [6.45, 7) is 7.71. The van der Waals surface area contributed by atoms with Gasteiger partial charge in [-0.25, -0.2) is 8.42 Å². The highest BCUT2D eigenvalue weighted by Crippen LogP contribution is 2.45. The number of hydrogen-bond donors (Lipinski definition) is 0. The highest BCUT2D eigenvalue weighted by atomic mass is 32.2. The molecule has 0 radical (unpaired) electrons. The number of carbonyl (C=O) groups excluding carboxylic acids is 1. The van der Waals surface area contributed by atoms with Gasteiger partial charge in [-0.05, 0) is 63.7 Å². The molecule has 0 bridgehead atoms. The molecule has 3 saturated heterocycles. The van der Waals surface area contributed by atoms with Crippen LogP contribution in [-0.2, 0) is 9.84 Å². The van der Waals surface area contributed by atoms with Crippen LogP contribution in [0.3, 0.4) is 0 Å². The second-order valence-electron chi connectivity index (χ2n) is 8.71. The molecular weight excluding hydrogens is 360 g/mol. The smallest absolute Gasteiger partial charge is 0.254 e. The molecule has 0 aliphatic carbocycles. The zero-order valence-corrected chi connectivity index (χ0v) is 17.2. The molecule has 0 N–H and O–H groups in total. The third-order valence-corrected chi connectivity index (χ3v) is 9.45. The first kappa shape index (κ1) is 18.9. The van der Waals surface area contributed by atoms with Gasteiger partial charge in [-0.1, -0.05) is 24.1 Å². The first-order valence-corrected chi connectivity index (χ1v) is 11.8. The van der Waals surface area contributed by atoms with Gasteiger partial charge >= 0.3 is 0 Å². The van der Waals surface area contributed by atoms with E-state index in [4.69, 9.17) is 0 Å². The monoisotopic (exact) mass is 390 g/mol. The summed E-state index contributed by atoms with van der Waals surface area (Å²) in [4.78, 5) is 17.1. The van der Waals surface area contributed by atoms with Crippen molar-refractivity contribution in [3.63, 3.8) is 0 Å². The van der Waals surface area contributed by atoms with Crippen LogP contribution < -0.4 is 0 Å². The van der Waals surface area contributed by atoms with E-state index in [2.05, 4.69) is 4.90 Å². The third kappa shape index (κ3) is 3.21. The van der Waals surface area contributed by atoms with Gasteiger partial charge in [0.2, 0.25) is 0 Å². The fraction of sp³-hybridized carbons (Fsp3) is 0.667.